The van der Waals surface area contributed by atoms with Crippen LogP contribution >= 0.6 is 0 Å². The van der Waals surface area contributed by atoms with Crippen molar-refractivity contribution in [1.82, 2.24) is 4.90 Å². The lowest BCUT2D eigenvalue weighted by Gasteiger charge is -2.17. The molecule has 0 fully saturated rings. The van der Waals surface area contributed by atoms with E-state index in [9.17, 15) is 14.4 Å². The van der Waals surface area contributed by atoms with Crippen molar-refractivity contribution in [2.24, 2.45) is 0 Å². The van der Waals surface area contributed by atoms with Crippen molar-refractivity contribution in [2.45, 2.75) is 12.8 Å². The number of hydrogen-bond donors (Lipinski definition) is 2. The van der Waals surface area contributed by atoms with E-state index < -0.39 is 0 Å². The van der Waals surface area contributed by atoms with Gasteiger partial charge in [0.25, 0.3) is 5.91 Å². The molecule has 0 radical (unpaired) electrons. The predicted molar refractivity (Wildman–Crippen MR) is 136 cm³/mol. The molecular formula is C27H30N4O3. The average molecular weight is 459 g/mol. The van der Waals surface area contributed by atoms with Gasteiger partial charge < -0.3 is 20.4 Å². The minimum atomic E-state index is -0.189. The summed E-state index contributed by atoms with van der Waals surface area (Å²) in [4.78, 5) is 40.0. The van der Waals surface area contributed by atoms with Crippen molar-refractivity contribution in [3.63, 3.8) is 0 Å². The van der Waals surface area contributed by atoms with Crippen molar-refractivity contribution in [3.05, 3.63) is 90.0 Å². The fourth-order valence-corrected chi connectivity index (χ4v) is 3.36. The SMILES string of the molecule is CN(C)C(=O)CCc1cccc(NC(=O)CNc2ccc(C(=O)N(C)c3ccccc3)cc2)c1. The quantitative estimate of drug-likeness (QED) is 0.507. The van der Waals surface area contributed by atoms with Gasteiger partial charge >= 0.3 is 0 Å². The number of nitrogens with one attached hydrogen (secondary N) is 2. The summed E-state index contributed by atoms with van der Waals surface area (Å²) >= 11 is 0. The Labute approximate surface area is 200 Å². The third-order valence-corrected chi connectivity index (χ3v) is 5.37. The van der Waals surface area contributed by atoms with Crippen LogP contribution in [-0.2, 0) is 16.0 Å². The first-order chi connectivity index (χ1) is 16.3. The van der Waals surface area contributed by atoms with Gasteiger partial charge in [-0.3, -0.25) is 14.4 Å². The molecule has 2 N–H and O–H groups in total. The molecule has 7 nitrogen and oxygen atoms in total. The molecule has 0 aromatic heterocycles. The molecule has 7 heteroatoms. The van der Waals surface area contributed by atoms with Crippen LogP contribution in [0.15, 0.2) is 78.9 Å². The van der Waals surface area contributed by atoms with Crippen molar-refractivity contribution >= 4 is 34.8 Å². The van der Waals surface area contributed by atoms with Crippen LogP contribution in [0.5, 0.6) is 0 Å². The van der Waals surface area contributed by atoms with Crippen LogP contribution in [0.3, 0.4) is 0 Å². The number of hydrogen-bond acceptors (Lipinski definition) is 4. The van der Waals surface area contributed by atoms with Gasteiger partial charge in [-0.2, -0.15) is 0 Å². The van der Waals surface area contributed by atoms with Crippen LogP contribution in [0.1, 0.15) is 22.3 Å². The minimum absolute atomic E-state index is 0.0677. The van der Waals surface area contributed by atoms with E-state index in [0.717, 1.165) is 16.9 Å². The Hall–Kier alpha value is -4.13. The molecule has 0 aliphatic heterocycles. The van der Waals surface area contributed by atoms with Gasteiger partial charge in [-0.15, -0.1) is 0 Å². The number of carbonyl (C=O) groups is 3. The molecule has 176 valence electrons. The van der Waals surface area contributed by atoms with Crippen LogP contribution < -0.4 is 15.5 Å². The highest BCUT2D eigenvalue weighted by Gasteiger charge is 2.13. The fraction of sp³-hybridized carbons (Fsp3) is 0.222. The molecule has 0 unspecified atom stereocenters. The number of anilines is 3. The van der Waals surface area contributed by atoms with Crippen LogP contribution in [0.25, 0.3) is 0 Å². The molecule has 3 rings (SSSR count). The standard InChI is InChI=1S/C27H30N4O3/c1-30(2)26(33)17-12-20-8-7-9-23(18-20)29-25(32)19-28-22-15-13-21(14-16-22)27(34)31(3)24-10-5-4-6-11-24/h4-11,13-16,18,28H,12,17,19H2,1-3H3,(H,29,32). The highest BCUT2D eigenvalue weighted by Crippen LogP contribution is 2.17. The van der Waals surface area contributed by atoms with Crippen molar-refractivity contribution < 1.29 is 14.4 Å². The monoisotopic (exact) mass is 458 g/mol. The van der Waals surface area contributed by atoms with E-state index in [1.54, 1.807) is 55.2 Å². The predicted octanol–water partition coefficient (Wildman–Crippen LogP) is 4.03. The van der Waals surface area contributed by atoms with Crippen molar-refractivity contribution in [1.29, 1.82) is 0 Å². The van der Waals surface area contributed by atoms with Gasteiger partial charge in [0, 0.05) is 50.2 Å². The Balaban J connectivity index is 1.50. The first-order valence-electron chi connectivity index (χ1n) is 11.1. The number of nitrogens with zero attached hydrogens (tertiary/aromatic N) is 2. The largest absolute Gasteiger partial charge is 0.376 e. The molecule has 0 saturated heterocycles. The Bertz CT molecular complexity index is 1130. The van der Waals surface area contributed by atoms with Gasteiger partial charge in [0.15, 0.2) is 0 Å². The number of rotatable bonds is 9. The second-order valence-corrected chi connectivity index (χ2v) is 8.17. The summed E-state index contributed by atoms with van der Waals surface area (Å²) in [6.45, 7) is 0.0839. The lowest BCUT2D eigenvalue weighted by molar-refractivity contribution is -0.128. The Morgan fingerprint density at radius 2 is 1.50 bits per heavy atom. The van der Waals surface area contributed by atoms with Crippen LogP contribution in [0.2, 0.25) is 0 Å². The normalized spacial score (nSPS) is 10.3. The maximum absolute atomic E-state index is 12.7. The highest BCUT2D eigenvalue weighted by atomic mass is 16.2. The van der Waals surface area contributed by atoms with Gasteiger partial charge in [-0.1, -0.05) is 30.3 Å². The summed E-state index contributed by atoms with van der Waals surface area (Å²) in [5.74, 6) is -0.230. The van der Waals surface area contributed by atoms with Gasteiger partial charge in [0.05, 0.1) is 6.54 Å². The van der Waals surface area contributed by atoms with Gasteiger partial charge in [0.1, 0.15) is 0 Å². The van der Waals surface area contributed by atoms with E-state index in [4.69, 9.17) is 0 Å². The zero-order valence-electron chi connectivity index (χ0n) is 19.7. The molecule has 3 aromatic carbocycles. The second-order valence-electron chi connectivity index (χ2n) is 8.17. The van der Waals surface area contributed by atoms with Crippen molar-refractivity contribution in [3.8, 4) is 0 Å². The maximum Gasteiger partial charge on any atom is 0.258 e. The van der Waals surface area contributed by atoms with E-state index in [0.29, 0.717) is 24.1 Å². The van der Waals surface area contributed by atoms with Crippen molar-refractivity contribution in [2.75, 3.05) is 43.2 Å². The number of aryl methyl sites for hydroxylation is 1. The Morgan fingerprint density at radius 3 is 2.18 bits per heavy atom. The first kappa shape index (κ1) is 24.5. The zero-order chi connectivity index (χ0) is 24.5. The number of amides is 3. The fourth-order valence-electron chi connectivity index (χ4n) is 3.36. The molecule has 0 aliphatic rings. The first-order valence-corrected chi connectivity index (χ1v) is 11.1. The average Bonchev–Trinajstić information content (AvgIpc) is 2.86. The zero-order valence-corrected chi connectivity index (χ0v) is 19.7. The number of para-hydroxylation sites is 1. The Morgan fingerprint density at radius 1 is 0.794 bits per heavy atom. The summed E-state index contributed by atoms with van der Waals surface area (Å²) < 4.78 is 0. The van der Waals surface area contributed by atoms with Gasteiger partial charge in [-0.25, -0.2) is 0 Å². The molecular weight excluding hydrogens is 428 g/mol. The van der Waals surface area contributed by atoms with Gasteiger partial charge in [-0.05, 0) is 60.5 Å². The summed E-state index contributed by atoms with van der Waals surface area (Å²) in [5.41, 5.74) is 3.80. The molecule has 34 heavy (non-hydrogen) atoms. The van der Waals surface area contributed by atoms with Gasteiger partial charge in [0.2, 0.25) is 11.8 Å². The molecule has 0 saturated carbocycles. The summed E-state index contributed by atoms with van der Waals surface area (Å²) in [5, 5.41) is 5.94. The molecule has 0 heterocycles. The summed E-state index contributed by atoms with van der Waals surface area (Å²) in [6, 6.07) is 24.0. The Kier molecular flexibility index (Phi) is 8.40. The number of carbonyl (C=O) groups excluding carboxylic acids is 3. The molecule has 3 amide bonds. The van der Waals surface area contributed by atoms with E-state index >= 15 is 0 Å². The topological polar surface area (TPSA) is 81.8 Å². The maximum atomic E-state index is 12.7. The summed E-state index contributed by atoms with van der Waals surface area (Å²) in [6.07, 6.45) is 1.04. The third-order valence-electron chi connectivity index (χ3n) is 5.37. The second kappa shape index (κ2) is 11.7. The highest BCUT2D eigenvalue weighted by molar-refractivity contribution is 6.05. The van der Waals surface area contributed by atoms with Crippen LogP contribution in [0.4, 0.5) is 17.1 Å². The lowest BCUT2D eigenvalue weighted by Crippen LogP contribution is -2.26. The molecule has 3 aromatic rings. The molecule has 0 atom stereocenters. The van der Waals surface area contributed by atoms with E-state index in [1.807, 2.05) is 54.6 Å². The summed E-state index contributed by atoms with van der Waals surface area (Å²) in [7, 11) is 5.21. The van der Waals surface area contributed by atoms with Crippen LogP contribution in [0, 0.1) is 0 Å². The minimum Gasteiger partial charge on any atom is -0.376 e. The molecule has 0 spiro atoms. The smallest absolute Gasteiger partial charge is 0.258 e. The van der Waals surface area contributed by atoms with E-state index in [1.165, 1.54) is 0 Å². The molecule has 0 aliphatic carbocycles. The third kappa shape index (κ3) is 6.93. The molecule has 0 bridgehead atoms. The van der Waals surface area contributed by atoms with Crippen LogP contribution in [-0.4, -0.2) is 50.3 Å². The number of benzene rings is 3. The van der Waals surface area contributed by atoms with E-state index in [2.05, 4.69) is 10.6 Å². The lowest BCUT2D eigenvalue weighted by atomic mass is 10.1. The van der Waals surface area contributed by atoms with E-state index in [-0.39, 0.29) is 24.3 Å².